The minimum absolute atomic E-state index is 0.0129. The monoisotopic (exact) mass is 515 g/mol. The number of aromatic nitrogens is 2. The van der Waals surface area contributed by atoms with Gasteiger partial charge in [0.05, 0.1) is 0 Å². The van der Waals surface area contributed by atoms with Crippen LogP contribution in [0.25, 0.3) is 44.5 Å². The number of aryl methyl sites for hydroxylation is 3. The average molecular weight is 516 g/mol. The molecule has 0 aliphatic heterocycles. The van der Waals surface area contributed by atoms with Crippen molar-refractivity contribution < 1.29 is 5.11 Å². The fraction of sp³-hybridized carbons (Fsp3) is 0.176. The number of benzene rings is 3. The number of hydrogen-bond donors (Lipinski definition) is 3. The second kappa shape index (κ2) is 11.5. The zero-order valence-corrected chi connectivity index (χ0v) is 22.4. The van der Waals surface area contributed by atoms with E-state index in [0.29, 0.717) is 16.9 Å². The van der Waals surface area contributed by atoms with Crippen molar-refractivity contribution in [3.05, 3.63) is 118 Å². The molecule has 4 N–H and O–H groups in total. The number of rotatable bonds is 8. The average Bonchev–Trinajstić information content (AvgIpc) is 2.97. The number of aliphatic hydroxyl groups excluding tert-OH is 1. The van der Waals surface area contributed by atoms with Crippen LogP contribution in [-0.2, 0) is 12.8 Å². The maximum Gasteiger partial charge on any atom is 0.197 e. The Balaban J connectivity index is 1.47. The van der Waals surface area contributed by atoms with Gasteiger partial charge in [-0.05, 0) is 65.6 Å². The zero-order chi connectivity index (χ0) is 27.4. The number of nitrogens with zero attached hydrogens (tertiary/aromatic N) is 1. The molecule has 0 radical (unpaired) electrons. The summed E-state index contributed by atoms with van der Waals surface area (Å²) in [6.07, 6.45) is 7.85. The van der Waals surface area contributed by atoms with Gasteiger partial charge >= 0.3 is 0 Å². The summed E-state index contributed by atoms with van der Waals surface area (Å²) in [5.74, 6) is 0.455. The molecule has 0 aliphatic rings. The van der Waals surface area contributed by atoms with E-state index < -0.39 is 0 Å². The van der Waals surface area contributed by atoms with Crippen molar-refractivity contribution in [3.8, 4) is 44.5 Å². The molecule has 2 aromatic heterocycles. The fourth-order valence-corrected chi connectivity index (χ4v) is 4.99. The van der Waals surface area contributed by atoms with Crippen molar-refractivity contribution in [2.45, 2.75) is 33.1 Å². The van der Waals surface area contributed by atoms with E-state index in [1.54, 1.807) is 18.6 Å². The van der Waals surface area contributed by atoms with Crippen LogP contribution in [0.15, 0.2) is 96.2 Å². The topological polar surface area (TPSA) is 92.0 Å². The maximum absolute atomic E-state index is 13.3. The van der Waals surface area contributed by atoms with E-state index in [9.17, 15) is 9.90 Å². The number of hydrogen-bond acceptors (Lipinski definition) is 4. The molecule has 0 aliphatic carbocycles. The molecule has 0 amide bonds. The molecule has 0 saturated carbocycles. The third kappa shape index (κ3) is 5.54. The molecule has 0 saturated heterocycles. The SMILES string of the molecule is CCc1ccc(-c2cnc(N)c(-c3ccc(-c4c[nH]cc(-c5ccc(C)cc5)c4=O)cc3)c2)cc1CCCO. The number of aromatic amines is 1. The highest BCUT2D eigenvalue weighted by atomic mass is 16.2. The first-order chi connectivity index (χ1) is 19.0. The van der Waals surface area contributed by atoms with Crippen molar-refractivity contribution in [1.29, 1.82) is 0 Å². The van der Waals surface area contributed by atoms with Gasteiger partial charge < -0.3 is 15.8 Å². The van der Waals surface area contributed by atoms with E-state index in [1.807, 2.05) is 55.5 Å². The second-order valence-corrected chi connectivity index (χ2v) is 9.88. The number of anilines is 1. The van der Waals surface area contributed by atoms with Crippen LogP contribution in [0, 0.1) is 6.92 Å². The van der Waals surface area contributed by atoms with Gasteiger partial charge in [-0.3, -0.25) is 4.79 Å². The third-order valence-corrected chi connectivity index (χ3v) is 7.26. The summed E-state index contributed by atoms with van der Waals surface area (Å²) in [6.45, 7) is 4.36. The Morgan fingerprint density at radius 3 is 1.97 bits per heavy atom. The minimum atomic E-state index is -0.0129. The Morgan fingerprint density at radius 2 is 1.36 bits per heavy atom. The van der Waals surface area contributed by atoms with E-state index in [2.05, 4.69) is 41.2 Å². The summed E-state index contributed by atoms with van der Waals surface area (Å²) in [5.41, 5.74) is 16.8. The summed E-state index contributed by atoms with van der Waals surface area (Å²) >= 11 is 0. The van der Waals surface area contributed by atoms with Crippen LogP contribution < -0.4 is 11.2 Å². The van der Waals surface area contributed by atoms with Crippen molar-refractivity contribution in [1.82, 2.24) is 9.97 Å². The highest BCUT2D eigenvalue weighted by molar-refractivity contribution is 5.81. The molecule has 5 nitrogen and oxygen atoms in total. The molecular weight excluding hydrogens is 482 g/mol. The van der Waals surface area contributed by atoms with Crippen molar-refractivity contribution >= 4 is 5.82 Å². The molecule has 0 fully saturated rings. The molecule has 3 aromatic carbocycles. The lowest BCUT2D eigenvalue weighted by Gasteiger charge is -2.13. The fourth-order valence-electron chi connectivity index (χ4n) is 4.99. The predicted molar refractivity (Wildman–Crippen MR) is 161 cm³/mol. The predicted octanol–water partition coefficient (Wildman–Crippen LogP) is 6.82. The Morgan fingerprint density at radius 1 is 0.769 bits per heavy atom. The summed E-state index contributed by atoms with van der Waals surface area (Å²) in [6, 6.07) is 24.4. The number of nitrogen functional groups attached to an aromatic ring is 1. The van der Waals surface area contributed by atoms with Crippen LogP contribution in [0.3, 0.4) is 0 Å². The quantitative estimate of drug-likeness (QED) is 0.212. The van der Waals surface area contributed by atoms with Gasteiger partial charge in [-0.1, -0.05) is 79.2 Å². The lowest BCUT2D eigenvalue weighted by molar-refractivity contribution is 0.288. The number of aliphatic hydroxyl groups is 1. The number of pyridine rings is 2. The highest BCUT2D eigenvalue weighted by Crippen LogP contribution is 2.32. The van der Waals surface area contributed by atoms with Gasteiger partial charge in [0.2, 0.25) is 0 Å². The first kappa shape index (κ1) is 26.1. The summed E-state index contributed by atoms with van der Waals surface area (Å²) in [4.78, 5) is 21.0. The van der Waals surface area contributed by atoms with Gasteiger partial charge in [0.1, 0.15) is 5.82 Å². The Kier molecular flexibility index (Phi) is 7.71. The van der Waals surface area contributed by atoms with Gasteiger partial charge in [-0.15, -0.1) is 0 Å². The normalized spacial score (nSPS) is 11.1. The summed E-state index contributed by atoms with van der Waals surface area (Å²) < 4.78 is 0. The van der Waals surface area contributed by atoms with Gasteiger partial charge in [-0.25, -0.2) is 4.98 Å². The van der Waals surface area contributed by atoms with Crippen LogP contribution in [-0.4, -0.2) is 21.7 Å². The van der Waals surface area contributed by atoms with Gasteiger partial charge in [0.25, 0.3) is 0 Å². The van der Waals surface area contributed by atoms with E-state index in [-0.39, 0.29) is 12.0 Å². The molecule has 5 rings (SSSR count). The van der Waals surface area contributed by atoms with Crippen molar-refractivity contribution in [3.63, 3.8) is 0 Å². The molecule has 0 spiro atoms. The van der Waals surface area contributed by atoms with E-state index >= 15 is 0 Å². The Labute approximate surface area is 229 Å². The van der Waals surface area contributed by atoms with Crippen LogP contribution in [0.4, 0.5) is 5.82 Å². The molecule has 0 atom stereocenters. The second-order valence-electron chi connectivity index (χ2n) is 9.88. The molecule has 196 valence electrons. The molecule has 39 heavy (non-hydrogen) atoms. The first-order valence-electron chi connectivity index (χ1n) is 13.4. The summed E-state index contributed by atoms with van der Waals surface area (Å²) in [7, 11) is 0. The van der Waals surface area contributed by atoms with Crippen LogP contribution in [0.1, 0.15) is 30.0 Å². The molecule has 0 bridgehead atoms. The zero-order valence-electron chi connectivity index (χ0n) is 22.4. The highest BCUT2D eigenvalue weighted by Gasteiger charge is 2.12. The molecule has 2 heterocycles. The standard InChI is InChI=1S/C34H33N3O2/c1-3-23-10-15-28(17-27(23)5-4-16-38)29-18-30(34(35)37-19-29)24-11-13-26(14-12-24)32-21-36-20-31(33(32)39)25-8-6-22(2)7-9-25/h6-15,17-21,38H,3-5,16H2,1-2H3,(H2,35,37)(H,36,39). The van der Waals surface area contributed by atoms with Crippen molar-refractivity contribution in [2.24, 2.45) is 0 Å². The van der Waals surface area contributed by atoms with Crippen LogP contribution in [0.2, 0.25) is 0 Å². The molecule has 5 aromatic rings. The van der Waals surface area contributed by atoms with Crippen LogP contribution in [0.5, 0.6) is 0 Å². The van der Waals surface area contributed by atoms with Gasteiger partial charge in [0.15, 0.2) is 5.43 Å². The minimum Gasteiger partial charge on any atom is -0.396 e. The summed E-state index contributed by atoms with van der Waals surface area (Å²) in [5, 5.41) is 9.31. The largest absolute Gasteiger partial charge is 0.396 e. The number of nitrogens with two attached hydrogens (primary N) is 1. The Hall–Kier alpha value is -4.48. The maximum atomic E-state index is 13.3. The van der Waals surface area contributed by atoms with E-state index in [1.165, 1.54) is 11.1 Å². The van der Waals surface area contributed by atoms with Crippen LogP contribution >= 0.6 is 0 Å². The molecule has 0 unspecified atom stereocenters. The van der Waals surface area contributed by atoms with Gasteiger partial charge in [-0.2, -0.15) is 0 Å². The van der Waals surface area contributed by atoms with Gasteiger partial charge in [0, 0.05) is 47.5 Å². The van der Waals surface area contributed by atoms with Crippen molar-refractivity contribution in [2.75, 3.05) is 12.3 Å². The Bertz CT molecular complexity index is 1650. The molecule has 5 heteroatoms. The lowest BCUT2D eigenvalue weighted by Crippen LogP contribution is -2.08. The third-order valence-electron chi connectivity index (χ3n) is 7.26. The number of H-pyrrole nitrogens is 1. The lowest BCUT2D eigenvalue weighted by atomic mass is 9.94. The number of nitrogens with one attached hydrogen (secondary N) is 1. The van der Waals surface area contributed by atoms with E-state index in [4.69, 9.17) is 5.73 Å². The van der Waals surface area contributed by atoms with E-state index in [0.717, 1.165) is 58.2 Å². The first-order valence-corrected chi connectivity index (χ1v) is 13.4. The smallest absolute Gasteiger partial charge is 0.197 e. The molecular formula is C34H33N3O2.